The van der Waals surface area contributed by atoms with Crippen LogP contribution in [0.1, 0.15) is 39.2 Å². The number of hydrogen-bond acceptors (Lipinski definition) is 4. The van der Waals surface area contributed by atoms with Crippen LogP contribution in [0.2, 0.25) is 0 Å². The minimum atomic E-state index is -0.243. The molecule has 1 aliphatic rings. The van der Waals surface area contributed by atoms with E-state index in [2.05, 4.69) is 5.32 Å². The van der Waals surface area contributed by atoms with E-state index in [0.717, 1.165) is 5.56 Å². The first-order valence-electron chi connectivity index (χ1n) is 8.54. The average Bonchev–Trinajstić information content (AvgIpc) is 2.82. The van der Waals surface area contributed by atoms with E-state index in [1.54, 1.807) is 11.0 Å². The number of benzene rings is 1. The topological polar surface area (TPSA) is 49.4 Å². The molecule has 4 nitrogen and oxygen atoms in total. The van der Waals surface area contributed by atoms with Crippen LogP contribution in [0, 0.1) is 0 Å². The van der Waals surface area contributed by atoms with E-state index in [9.17, 15) is 9.59 Å². The third-order valence-corrected chi connectivity index (χ3v) is 4.91. The van der Waals surface area contributed by atoms with E-state index < -0.39 is 0 Å². The predicted molar refractivity (Wildman–Crippen MR) is 113 cm³/mol. The summed E-state index contributed by atoms with van der Waals surface area (Å²) in [4.78, 5) is 26.5. The minimum absolute atomic E-state index is 0.00993. The van der Waals surface area contributed by atoms with E-state index in [1.807, 2.05) is 63.3 Å². The molecule has 1 aliphatic heterocycles. The van der Waals surface area contributed by atoms with Crippen molar-refractivity contribution in [2.45, 2.75) is 39.2 Å². The van der Waals surface area contributed by atoms with Gasteiger partial charge >= 0.3 is 0 Å². The van der Waals surface area contributed by atoms with Crippen molar-refractivity contribution < 1.29 is 9.59 Å². The quantitative estimate of drug-likeness (QED) is 0.588. The summed E-state index contributed by atoms with van der Waals surface area (Å²) in [5, 5.41) is 2.92. The summed E-state index contributed by atoms with van der Waals surface area (Å²) < 4.78 is 0.547. The number of carbonyl (C=O) groups is 2. The lowest BCUT2D eigenvalue weighted by molar-refractivity contribution is -0.124. The zero-order valence-electron chi connectivity index (χ0n) is 15.3. The zero-order valence-corrected chi connectivity index (χ0v) is 17.0. The van der Waals surface area contributed by atoms with Gasteiger partial charge < -0.3 is 5.32 Å². The lowest BCUT2D eigenvalue weighted by Crippen LogP contribution is -2.40. The van der Waals surface area contributed by atoms with E-state index in [0.29, 0.717) is 28.6 Å². The summed E-state index contributed by atoms with van der Waals surface area (Å²) in [7, 11) is 0. The van der Waals surface area contributed by atoms with Gasteiger partial charge in [-0.25, -0.2) is 0 Å². The first kappa shape index (κ1) is 20.4. The molecule has 26 heavy (non-hydrogen) atoms. The fourth-order valence-electron chi connectivity index (χ4n) is 2.40. The highest BCUT2D eigenvalue weighted by molar-refractivity contribution is 8.26. The summed E-state index contributed by atoms with van der Waals surface area (Å²) in [5.41, 5.74) is 0.830. The fraction of sp³-hybridized carbons (Fsp3) is 0.350. The van der Waals surface area contributed by atoms with Gasteiger partial charge in [0.25, 0.3) is 5.91 Å². The maximum Gasteiger partial charge on any atom is 0.266 e. The molecule has 2 amide bonds. The Kier molecular flexibility index (Phi) is 7.17. The molecule has 2 rings (SSSR count). The van der Waals surface area contributed by atoms with Crippen LogP contribution < -0.4 is 5.32 Å². The average molecular weight is 389 g/mol. The number of thiocarbonyl (C=S) groups is 1. The molecule has 1 aromatic carbocycles. The second-order valence-corrected chi connectivity index (χ2v) is 8.70. The molecule has 1 N–H and O–H groups in total. The van der Waals surface area contributed by atoms with Gasteiger partial charge in [0.1, 0.15) is 4.32 Å². The third kappa shape index (κ3) is 6.42. The highest BCUT2D eigenvalue weighted by Gasteiger charge is 2.31. The van der Waals surface area contributed by atoms with E-state index in [1.165, 1.54) is 11.8 Å². The molecule has 0 bridgehead atoms. The van der Waals surface area contributed by atoms with E-state index in [4.69, 9.17) is 12.2 Å². The van der Waals surface area contributed by atoms with Gasteiger partial charge in [0.05, 0.1) is 4.91 Å². The van der Waals surface area contributed by atoms with Crippen molar-refractivity contribution in [2.75, 3.05) is 6.54 Å². The molecule has 0 atom stereocenters. The molecule has 1 fully saturated rings. The van der Waals surface area contributed by atoms with Crippen LogP contribution in [0.25, 0.3) is 6.08 Å². The summed E-state index contributed by atoms with van der Waals surface area (Å²) in [5.74, 6) is -0.0989. The molecular formula is C20H24N2O2S2. The highest BCUT2D eigenvalue weighted by Crippen LogP contribution is 2.31. The number of nitrogens with one attached hydrogen (secondary N) is 1. The maximum absolute atomic E-state index is 12.5. The number of carbonyl (C=O) groups excluding carboxylic acids is 2. The Morgan fingerprint density at radius 1 is 1.27 bits per heavy atom. The van der Waals surface area contributed by atoms with Gasteiger partial charge in [0, 0.05) is 18.5 Å². The number of nitrogens with zero attached hydrogens (tertiary/aromatic N) is 1. The monoisotopic (exact) mass is 388 g/mol. The van der Waals surface area contributed by atoms with Gasteiger partial charge in [0.2, 0.25) is 5.91 Å². The van der Waals surface area contributed by atoms with Gasteiger partial charge in [0.15, 0.2) is 0 Å². The normalized spacial score (nSPS) is 16.7. The molecule has 1 saturated heterocycles. The highest BCUT2D eigenvalue weighted by atomic mass is 32.2. The van der Waals surface area contributed by atoms with Gasteiger partial charge in [-0.1, -0.05) is 66.5 Å². The third-order valence-electron chi connectivity index (χ3n) is 3.51. The molecule has 0 saturated carbocycles. The van der Waals surface area contributed by atoms with E-state index >= 15 is 0 Å². The molecule has 0 spiro atoms. The van der Waals surface area contributed by atoms with Crippen LogP contribution in [-0.2, 0) is 9.59 Å². The molecule has 0 aromatic heterocycles. The first-order valence-corrected chi connectivity index (χ1v) is 9.77. The Morgan fingerprint density at radius 3 is 2.62 bits per heavy atom. The number of amides is 2. The first-order chi connectivity index (χ1) is 12.3. The van der Waals surface area contributed by atoms with Crippen LogP contribution in [0.5, 0.6) is 0 Å². The second-order valence-electron chi connectivity index (χ2n) is 7.03. The number of thioether (sulfide) groups is 1. The van der Waals surface area contributed by atoms with Gasteiger partial charge in [-0.05, 0) is 38.8 Å². The molecule has 0 radical (unpaired) electrons. The Morgan fingerprint density at radius 2 is 1.96 bits per heavy atom. The van der Waals surface area contributed by atoms with Crippen LogP contribution in [0.3, 0.4) is 0 Å². The van der Waals surface area contributed by atoms with Crippen LogP contribution in [-0.4, -0.2) is 33.1 Å². The van der Waals surface area contributed by atoms with Gasteiger partial charge in [-0.2, -0.15) is 0 Å². The van der Waals surface area contributed by atoms with Gasteiger partial charge in [-0.3, -0.25) is 14.5 Å². The fourth-order valence-corrected chi connectivity index (χ4v) is 3.66. The van der Waals surface area contributed by atoms with Crippen LogP contribution in [0.4, 0.5) is 0 Å². The predicted octanol–water partition coefficient (Wildman–Crippen LogP) is 4.14. The molecule has 6 heteroatoms. The minimum Gasteiger partial charge on any atom is -0.352 e. The maximum atomic E-state index is 12.5. The molecule has 0 aliphatic carbocycles. The largest absolute Gasteiger partial charge is 0.352 e. The lowest BCUT2D eigenvalue weighted by atomic mass is 10.1. The summed E-state index contributed by atoms with van der Waals surface area (Å²) in [6, 6.07) is 9.89. The number of rotatable bonds is 6. The van der Waals surface area contributed by atoms with Crippen LogP contribution in [0.15, 0.2) is 47.4 Å². The van der Waals surface area contributed by atoms with Crippen molar-refractivity contribution in [2.24, 2.45) is 0 Å². The second kappa shape index (κ2) is 9.14. The Bertz CT molecular complexity index is 734. The van der Waals surface area contributed by atoms with Crippen molar-refractivity contribution in [3.05, 3.63) is 53.0 Å². The summed E-state index contributed by atoms with van der Waals surface area (Å²) >= 11 is 6.61. The lowest BCUT2D eigenvalue weighted by Gasteiger charge is -2.21. The smallest absolute Gasteiger partial charge is 0.266 e. The zero-order chi connectivity index (χ0) is 19.2. The van der Waals surface area contributed by atoms with Crippen LogP contribution >= 0.6 is 24.0 Å². The standard InChI is InChI=1S/C20H24N2O2S2/c1-20(2,3)21-17(23)13-8-14-22-18(24)16(26-19(22)25)12-7-11-15-9-5-4-6-10-15/h4-7,9-12H,8,13-14H2,1-3H3,(H,21,23)/b11-7+,16-12-. The summed E-state index contributed by atoms with van der Waals surface area (Å²) in [6.07, 6.45) is 6.56. The van der Waals surface area contributed by atoms with Crippen molar-refractivity contribution in [3.8, 4) is 0 Å². The van der Waals surface area contributed by atoms with E-state index in [-0.39, 0.29) is 17.4 Å². The molecule has 1 aromatic rings. The SMILES string of the molecule is CC(C)(C)NC(=O)CCCN1C(=O)/C(=C/C=C/c2ccccc2)SC1=S. The summed E-state index contributed by atoms with van der Waals surface area (Å²) in [6.45, 7) is 6.30. The van der Waals surface area contributed by atoms with Crippen molar-refractivity contribution in [1.82, 2.24) is 10.2 Å². The molecule has 1 heterocycles. The van der Waals surface area contributed by atoms with Gasteiger partial charge in [-0.15, -0.1) is 0 Å². The number of allylic oxidation sites excluding steroid dienone is 2. The van der Waals surface area contributed by atoms with Crippen molar-refractivity contribution >= 4 is 46.2 Å². The molecular weight excluding hydrogens is 364 g/mol. The van der Waals surface area contributed by atoms with Crippen molar-refractivity contribution in [3.63, 3.8) is 0 Å². The Balaban J connectivity index is 1.87. The molecule has 138 valence electrons. The Hall–Kier alpha value is -1.92. The van der Waals surface area contributed by atoms with Crippen molar-refractivity contribution in [1.29, 1.82) is 0 Å². The Labute approximate surface area is 164 Å². The molecule has 0 unspecified atom stereocenters. The number of hydrogen-bond donors (Lipinski definition) is 1.